The van der Waals surface area contributed by atoms with Gasteiger partial charge < -0.3 is 20.1 Å². The first-order valence-electron chi connectivity index (χ1n) is 9.19. The molecule has 2 aromatic carbocycles. The normalized spacial score (nSPS) is 12.2. The number of amides is 2. The molecule has 2 amide bonds. The van der Waals surface area contributed by atoms with Crippen molar-refractivity contribution < 1.29 is 19.1 Å². The first-order chi connectivity index (χ1) is 15.1. The molecule has 0 aliphatic carbocycles. The zero-order valence-corrected chi connectivity index (χ0v) is 18.2. The van der Waals surface area contributed by atoms with Crippen LogP contribution in [0.25, 0.3) is 21.3 Å². The number of benzene rings is 2. The van der Waals surface area contributed by atoms with Gasteiger partial charge in [-0.3, -0.25) is 9.59 Å². The van der Waals surface area contributed by atoms with Gasteiger partial charge in [-0.15, -0.1) is 22.7 Å². The second-order valence-corrected chi connectivity index (χ2v) is 8.87. The van der Waals surface area contributed by atoms with Crippen molar-refractivity contribution >= 4 is 61.3 Å². The van der Waals surface area contributed by atoms with Crippen LogP contribution in [0.15, 0.2) is 47.8 Å². The molecule has 156 valence electrons. The minimum atomic E-state index is -0.387. The van der Waals surface area contributed by atoms with Crippen LogP contribution in [0.2, 0.25) is 5.02 Å². The van der Waals surface area contributed by atoms with Crippen LogP contribution >= 0.6 is 34.3 Å². The monoisotopic (exact) mass is 471 g/mol. The van der Waals surface area contributed by atoms with Crippen molar-refractivity contribution in [1.82, 2.24) is 10.3 Å². The van der Waals surface area contributed by atoms with E-state index in [1.807, 2.05) is 47.8 Å². The number of halogens is 1. The Morgan fingerprint density at radius 3 is 2.84 bits per heavy atom. The molecule has 31 heavy (non-hydrogen) atoms. The fourth-order valence-electron chi connectivity index (χ4n) is 3.08. The van der Waals surface area contributed by atoms with Gasteiger partial charge in [-0.05, 0) is 24.3 Å². The van der Waals surface area contributed by atoms with Gasteiger partial charge in [0.25, 0.3) is 5.91 Å². The smallest absolute Gasteiger partial charge is 0.263 e. The highest BCUT2D eigenvalue weighted by atomic mass is 35.5. The third-order valence-corrected chi connectivity index (χ3v) is 7.00. The van der Waals surface area contributed by atoms with Crippen molar-refractivity contribution in [3.63, 3.8) is 0 Å². The molecule has 0 saturated carbocycles. The molecule has 0 bridgehead atoms. The molecule has 4 aromatic rings. The standard InChI is InChI=1S/C21H14ClN3O4S2/c22-18-12-3-1-2-4-16(12)31-19(18)20(27)23-8-17(26)25-21-24-13(9-30-21)11-5-6-14-15(7-11)29-10-28-14/h1-7,9H,8,10H2,(H,23,27)(H,24,25,26). The van der Waals surface area contributed by atoms with Crippen LogP contribution in [0.1, 0.15) is 9.67 Å². The number of thiophene rings is 1. The number of thiazole rings is 1. The number of carbonyl (C=O) groups is 2. The number of nitrogens with zero attached hydrogens (tertiary/aromatic N) is 1. The topological polar surface area (TPSA) is 89.6 Å². The fraction of sp³-hybridized carbons (Fsp3) is 0.0952. The quantitative estimate of drug-likeness (QED) is 0.437. The molecule has 5 rings (SSSR count). The number of aromatic nitrogens is 1. The molecule has 0 atom stereocenters. The molecule has 1 aliphatic rings. The summed E-state index contributed by atoms with van der Waals surface area (Å²) in [6.45, 7) is 0.0118. The van der Waals surface area contributed by atoms with E-state index in [2.05, 4.69) is 15.6 Å². The van der Waals surface area contributed by atoms with Crippen LogP contribution in [0, 0.1) is 0 Å². The number of hydrogen-bond acceptors (Lipinski definition) is 7. The predicted octanol–water partition coefficient (Wildman–Crippen LogP) is 4.78. The Morgan fingerprint density at radius 1 is 1.13 bits per heavy atom. The molecule has 2 aromatic heterocycles. The largest absolute Gasteiger partial charge is 0.454 e. The summed E-state index contributed by atoms with van der Waals surface area (Å²) in [5, 5.41) is 8.80. The number of anilines is 1. The molecule has 7 nitrogen and oxygen atoms in total. The molecule has 0 fully saturated rings. The van der Waals surface area contributed by atoms with Crippen molar-refractivity contribution in [2.75, 3.05) is 18.7 Å². The van der Waals surface area contributed by atoms with Crippen molar-refractivity contribution in [2.45, 2.75) is 0 Å². The van der Waals surface area contributed by atoms with E-state index in [0.29, 0.717) is 32.2 Å². The second kappa shape index (κ2) is 8.18. The van der Waals surface area contributed by atoms with Gasteiger partial charge >= 0.3 is 0 Å². The minimum absolute atomic E-state index is 0.192. The summed E-state index contributed by atoms with van der Waals surface area (Å²) in [7, 11) is 0. The number of fused-ring (bicyclic) bond motifs is 2. The SMILES string of the molecule is O=C(CNC(=O)c1sc2ccccc2c1Cl)Nc1nc(-c2ccc3c(c2)OCO3)cs1. The fourth-order valence-corrected chi connectivity index (χ4v) is 5.25. The Bertz CT molecular complexity index is 1320. The van der Waals surface area contributed by atoms with Gasteiger partial charge in [0, 0.05) is 21.0 Å². The highest BCUT2D eigenvalue weighted by Crippen LogP contribution is 2.37. The number of ether oxygens (including phenoxy) is 2. The average Bonchev–Trinajstić information content (AvgIpc) is 3.51. The Morgan fingerprint density at radius 2 is 1.97 bits per heavy atom. The number of rotatable bonds is 5. The Balaban J connectivity index is 1.21. The lowest BCUT2D eigenvalue weighted by molar-refractivity contribution is -0.115. The molecule has 1 aliphatic heterocycles. The van der Waals surface area contributed by atoms with Gasteiger partial charge in [-0.1, -0.05) is 29.8 Å². The first-order valence-corrected chi connectivity index (χ1v) is 11.3. The van der Waals surface area contributed by atoms with E-state index in [4.69, 9.17) is 21.1 Å². The maximum Gasteiger partial charge on any atom is 0.263 e. The van der Waals surface area contributed by atoms with Crippen LogP contribution in [0.5, 0.6) is 11.5 Å². The van der Waals surface area contributed by atoms with Gasteiger partial charge in [-0.2, -0.15) is 0 Å². The predicted molar refractivity (Wildman–Crippen MR) is 121 cm³/mol. The highest BCUT2D eigenvalue weighted by molar-refractivity contribution is 7.21. The zero-order valence-electron chi connectivity index (χ0n) is 15.8. The molecule has 0 saturated heterocycles. The molecule has 0 spiro atoms. The van der Waals surface area contributed by atoms with E-state index in [-0.39, 0.29) is 25.2 Å². The summed E-state index contributed by atoms with van der Waals surface area (Å²) in [5.41, 5.74) is 1.56. The molecule has 0 unspecified atom stereocenters. The lowest BCUT2D eigenvalue weighted by Crippen LogP contribution is -2.32. The van der Waals surface area contributed by atoms with Gasteiger partial charge in [-0.25, -0.2) is 4.98 Å². The zero-order chi connectivity index (χ0) is 21.4. The minimum Gasteiger partial charge on any atom is -0.454 e. The van der Waals surface area contributed by atoms with Gasteiger partial charge in [0.05, 0.1) is 17.3 Å². The lowest BCUT2D eigenvalue weighted by Gasteiger charge is -2.04. The summed E-state index contributed by atoms with van der Waals surface area (Å²) in [6, 6.07) is 13.1. The molecular formula is C21H14ClN3O4S2. The first kappa shape index (κ1) is 19.8. The highest BCUT2D eigenvalue weighted by Gasteiger charge is 2.18. The van der Waals surface area contributed by atoms with E-state index in [1.165, 1.54) is 22.7 Å². The van der Waals surface area contributed by atoms with Gasteiger partial charge in [0.15, 0.2) is 16.6 Å². The van der Waals surface area contributed by atoms with Crippen LogP contribution in [0.4, 0.5) is 5.13 Å². The number of carbonyl (C=O) groups excluding carboxylic acids is 2. The number of nitrogens with one attached hydrogen (secondary N) is 2. The average molecular weight is 472 g/mol. The second-order valence-electron chi connectivity index (χ2n) is 6.58. The van der Waals surface area contributed by atoms with E-state index < -0.39 is 0 Å². The van der Waals surface area contributed by atoms with E-state index in [9.17, 15) is 9.59 Å². The summed E-state index contributed by atoms with van der Waals surface area (Å²) in [5.74, 6) is 0.597. The van der Waals surface area contributed by atoms with Crippen molar-refractivity contribution in [1.29, 1.82) is 0 Å². The van der Waals surface area contributed by atoms with E-state index in [0.717, 1.165) is 15.6 Å². The molecule has 3 heterocycles. The third kappa shape index (κ3) is 3.95. The van der Waals surface area contributed by atoms with Crippen LogP contribution in [0.3, 0.4) is 0 Å². The third-order valence-electron chi connectivity index (χ3n) is 4.57. The number of hydrogen-bond donors (Lipinski definition) is 2. The van der Waals surface area contributed by atoms with E-state index >= 15 is 0 Å². The summed E-state index contributed by atoms with van der Waals surface area (Å²) in [4.78, 5) is 29.6. The summed E-state index contributed by atoms with van der Waals surface area (Å²) < 4.78 is 11.6. The Labute approximate surface area is 189 Å². The van der Waals surface area contributed by atoms with Crippen molar-refractivity contribution in [3.8, 4) is 22.8 Å². The molecule has 10 heteroatoms. The Kier molecular flexibility index (Phi) is 5.23. The van der Waals surface area contributed by atoms with Gasteiger partial charge in [0.2, 0.25) is 12.7 Å². The van der Waals surface area contributed by atoms with E-state index in [1.54, 1.807) is 0 Å². The maximum atomic E-state index is 12.5. The van der Waals surface area contributed by atoms with Crippen molar-refractivity contribution in [2.24, 2.45) is 0 Å². The maximum absolute atomic E-state index is 12.5. The van der Waals surface area contributed by atoms with Crippen LogP contribution in [-0.4, -0.2) is 30.1 Å². The molecule has 2 N–H and O–H groups in total. The summed E-state index contributed by atoms with van der Waals surface area (Å²) >= 11 is 8.90. The van der Waals surface area contributed by atoms with Crippen LogP contribution in [-0.2, 0) is 4.79 Å². The summed E-state index contributed by atoms with van der Waals surface area (Å²) in [6.07, 6.45) is 0. The van der Waals surface area contributed by atoms with Crippen molar-refractivity contribution in [3.05, 3.63) is 57.7 Å². The lowest BCUT2D eigenvalue weighted by atomic mass is 10.1. The Hall–Kier alpha value is -3.14. The molecular weight excluding hydrogens is 458 g/mol. The molecule has 0 radical (unpaired) electrons. The van der Waals surface area contributed by atoms with Gasteiger partial charge in [0.1, 0.15) is 4.88 Å². The van der Waals surface area contributed by atoms with Crippen LogP contribution < -0.4 is 20.1 Å².